The van der Waals surface area contributed by atoms with Gasteiger partial charge < -0.3 is 9.88 Å². The number of hydrazine groups is 1. The van der Waals surface area contributed by atoms with Crippen LogP contribution in [0, 0.1) is 5.92 Å². The third kappa shape index (κ3) is 5.56. The Morgan fingerprint density at radius 2 is 1.81 bits per heavy atom. The minimum absolute atomic E-state index is 0.00170. The highest BCUT2D eigenvalue weighted by molar-refractivity contribution is 5.98. The van der Waals surface area contributed by atoms with Crippen LogP contribution in [0.2, 0.25) is 0 Å². The average molecular weight is 433 g/mol. The molecule has 0 saturated carbocycles. The van der Waals surface area contributed by atoms with E-state index in [2.05, 4.69) is 41.1 Å². The molecule has 1 saturated heterocycles. The van der Waals surface area contributed by atoms with Crippen LogP contribution in [0.25, 0.3) is 10.9 Å². The number of benzene rings is 2. The molecule has 0 spiro atoms. The van der Waals surface area contributed by atoms with Crippen LogP contribution in [-0.2, 0) is 17.8 Å². The highest BCUT2D eigenvalue weighted by atomic mass is 16.2. The summed E-state index contributed by atoms with van der Waals surface area (Å²) in [5.74, 6) is 0.583. The lowest BCUT2D eigenvalue weighted by Crippen LogP contribution is -2.46. The minimum Gasteiger partial charge on any atom is -0.355 e. The molecule has 2 heterocycles. The van der Waals surface area contributed by atoms with Gasteiger partial charge in [-0.25, -0.2) is 5.01 Å². The molecule has 0 atom stereocenters. The number of carbonyl (C=O) groups is 2. The fourth-order valence-corrected chi connectivity index (χ4v) is 4.36. The first-order chi connectivity index (χ1) is 15.6. The second-order valence-corrected chi connectivity index (χ2v) is 8.63. The van der Waals surface area contributed by atoms with Crippen LogP contribution < -0.4 is 10.7 Å². The van der Waals surface area contributed by atoms with Crippen LogP contribution in [0.4, 0.5) is 0 Å². The maximum absolute atomic E-state index is 12.8. The maximum Gasteiger partial charge on any atom is 0.265 e. The van der Waals surface area contributed by atoms with E-state index in [1.807, 2.05) is 47.0 Å². The number of fused-ring (bicyclic) bond motifs is 1. The van der Waals surface area contributed by atoms with E-state index < -0.39 is 0 Å². The van der Waals surface area contributed by atoms with E-state index in [1.54, 1.807) is 0 Å². The zero-order chi connectivity index (χ0) is 22.3. The van der Waals surface area contributed by atoms with Gasteiger partial charge in [-0.15, -0.1) is 0 Å². The molecule has 1 aromatic heterocycles. The highest BCUT2D eigenvalue weighted by Crippen LogP contribution is 2.22. The van der Waals surface area contributed by atoms with E-state index in [-0.39, 0.29) is 18.4 Å². The first kappa shape index (κ1) is 22.1. The van der Waals surface area contributed by atoms with Gasteiger partial charge in [-0.2, -0.15) is 0 Å². The highest BCUT2D eigenvalue weighted by Gasteiger charge is 2.21. The third-order valence-electron chi connectivity index (χ3n) is 6.16. The molecule has 0 aliphatic carbocycles. The summed E-state index contributed by atoms with van der Waals surface area (Å²) < 4.78 is 1.92. The molecule has 0 radical (unpaired) electrons. The quantitative estimate of drug-likeness (QED) is 0.570. The molecule has 2 aromatic carbocycles. The third-order valence-corrected chi connectivity index (χ3v) is 6.16. The minimum atomic E-state index is -0.0816. The SMILES string of the molecule is CCCNC(=O)Cn1ccc2cc(C(=O)NN3CCC(Cc4ccccc4)CC3)ccc21. The van der Waals surface area contributed by atoms with E-state index in [0.29, 0.717) is 18.0 Å². The van der Waals surface area contributed by atoms with Gasteiger partial charge in [0.15, 0.2) is 0 Å². The van der Waals surface area contributed by atoms with Gasteiger partial charge in [0.1, 0.15) is 6.54 Å². The summed E-state index contributed by atoms with van der Waals surface area (Å²) in [7, 11) is 0. The van der Waals surface area contributed by atoms with E-state index >= 15 is 0 Å². The summed E-state index contributed by atoms with van der Waals surface area (Å²) in [6, 6.07) is 18.2. The van der Waals surface area contributed by atoms with Crippen LogP contribution in [0.5, 0.6) is 0 Å². The molecule has 2 N–H and O–H groups in total. The fourth-order valence-electron chi connectivity index (χ4n) is 4.36. The maximum atomic E-state index is 12.8. The Balaban J connectivity index is 1.31. The Hall–Kier alpha value is -3.12. The van der Waals surface area contributed by atoms with Crippen LogP contribution in [-0.4, -0.2) is 41.0 Å². The van der Waals surface area contributed by atoms with Crippen molar-refractivity contribution in [3.05, 3.63) is 71.9 Å². The summed E-state index contributed by atoms with van der Waals surface area (Å²) in [4.78, 5) is 24.8. The van der Waals surface area contributed by atoms with Crippen LogP contribution in [0.1, 0.15) is 42.1 Å². The number of piperidine rings is 1. The van der Waals surface area contributed by atoms with Gasteiger partial charge in [0.05, 0.1) is 0 Å². The van der Waals surface area contributed by atoms with E-state index in [9.17, 15) is 9.59 Å². The van der Waals surface area contributed by atoms with Crippen molar-refractivity contribution in [1.82, 2.24) is 20.3 Å². The van der Waals surface area contributed by atoms with E-state index in [0.717, 1.165) is 49.7 Å². The molecule has 6 heteroatoms. The molecule has 1 aliphatic rings. The second kappa shape index (κ2) is 10.5. The normalized spacial score (nSPS) is 15.0. The van der Waals surface area contributed by atoms with E-state index in [1.165, 1.54) is 5.56 Å². The molecule has 168 valence electrons. The number of carbonyl (C=O) groups excluding carboxylic acids is 2. The molecule has 32 heavy (non-hydrogen) atoms. The molecule has 2 amide bonds. The second-order valence-electron chi connectivity index (χ2n) is 8.63. The van der Waals surface area contributed by atoms with E-state index in [4.69, 9.17) is 0 Å². The van der Waals surface area contributed by atoms with Gasteiger partial charge in [0, 0.05) is 42.3 Å². The monoisotopic (exact) mass is 432 g/mol. The number of aromatic nitrogens is 1. The number of nitrogens with one attached hydrogen (secondary N) is 2. The van der Waals surface area contributed by atoms with Crippen molar-refractivity contribution in [2.24, 2.45) is 5.92 Å². The summed E-state index contributed by atoms with van der Waals surface area (Å²) in [6.45, 7) is 4.74. The Morgan fingerprint density at radius 3 is 2.56 bits per heavy atom. The molecule has 4 rings (SSSR count). The van der Waals surface area contributed by atoms with Gasteiger partial charge >= 0.3 is 0 Å². The molecule has 0 bridgehead atoms. The number of amides is 2. The lowest BCUT2D eigenvalue weighted by atomic mass is 9.91. The van der Waals surface area contributed by atoms with Gasteiger partial charge in [-0.05, 0) is 61.4 Å². The van der Waals surface area contributed by atoms with Crippen molar-refractivity contribution in [3.63, 3.8) is 0 Å². The van der Waals surface area contributed by atoms with Crippen molar-refractivity contribution in [3.8, 4) is 0 Å². The Morgan fingerprint density at radius 1 is 1.03 bits per heavy atom. The lowest BCUT2D eigenvalue weighted by molar-refractivity contribution is -0.121. The zero-order valence-corrected chi connectivity index (χ0v) is 18.7. The van der Waals surface area contributed by atoms with Crippen molar-refractivity contribution in [2.75, 3.05) is 19.6 Å². The standard InChI is InChI=1S/C26H32N4O2/c1-2-13-27-25(31)19-29-14-12-22-18-23(8-9-24(22)29)26(32)28-30-15-10-21(11-16-30)17-20-6-4-3-5-7-20/h3-9,12,14,18,21H,2,10-11,13,15-17,19H2,1H3,(H,27,31)(H,28,32). The number of hydrogen-bond donors (Lipinski definition) is 2. The Labute approximate surface area is 189 Å². The summed E-state index contributed by atoms with van der Waals surface area (Å²) in [5, 5.41) is 5.90. The first-order valence-electron chi connectivity index (χ1n) is 11.6. The number of hydrogen-bond acceptors (Lipinski definition) is 3. The van der Waals surface area contributed by atoms with Gasteiger partial charge in [0.2, 0.25) is 5.91 Å². The van der Waals surface area contributed by atoms with Gasteiger partial charge in [-0.3, -0.25) is 15.0 Å². The molecule has 3 aromatic rings. The molecule has 1 aliphatic heterocycles. The summed E-state index contributed by atoms with van der Waals surface area (Å²) in [5.41, 5.74) is 6.05. The fraction of sp³-hybridized carbons (Fsp3) is 0.385. The molecular weight excluding hydrogens is 400 g/mol. The van der Waals surface area contributed by atoms with Gasteiger partial charge in [-0.1, -0.05) is 37.3 Å². The molecular formula is C26H32N4O2. The first-order valence-corrected chi connectivity index (χ1v) is 11.6. The average Bonchev–Trinajstić information content (AvgIpc) is 3.21. The predicted molar refractivity (Wildman–Crippen MR) is 127 cm³/mol. The number of rotatable bonds is 8. The molecule has 6 nitrogen and oxygen atoms in total. The summed E-state index contributed by atoms with van der Waals surface area (Å²) in [6.07, 6.45) is 6.08. The van der Waals surface area contributed by atoms with Crippen LogP contribution in [0.3, 0.4) is 0 Å². The molecule has 0 unspecified atom stereocenters. The van der Waals surface area contributed by atoms with Crippen molar-refractivity contribution in [1.29, 1.82) is 0 Å². The van der Waals surface area contributed by atoms with Crippen LogP contribution >= 0.6 is 0 Å². The Bertz CT molecular complexity index is 1050. The summed E-state index contributed by atoms with van der Waals surface area (Å²) >= 11 is 0. The topological polar surface area (TPSA) is 66.4 Å². The zero-order valence-electron chi connectivity index (χ0n) is 18.7. The van der Waals surface area contributed by atoms with Crippen LogP contribution in [0.15, 0.2) is 60.8 Å². The van der Waals surface area contributed by atoms with Gasteiger partial charge in [0.25, 0.3) is 5.91 Å². The Kier molecular flexibility index (Phi) is 7.22. The van der Waals surface area contributed by atoms with Crippen molar-refractivity contribution >= 4 is 22.7 Å². The smallest absolute Gasteiger partial charge is 0.265 e. The largest absolute Gasteiger partial charge is 0.355 e. The lowest BCUT2D eigenvalue weighted by Gasteiger charge is -2.32. The predicted octanol–water partition coefficient (Wildman–Crippen LogP) is 3.77. The van der Waals surface area contributed by atoms with Crippen molar-refractivity contribution < 1.29 is 9.59 Å². The number of nitrogens with zero attached hydrogens (tertiary/aromatic N) is 2. The van der Waals surface area contributed by atoms with Crippen molar-refractivity contribution in [2.45, 2.75) is 39.2 Å². The molecule has 1 fully saturated rings.